The van der Waals surface area contributed by atoms with Crippen LogP contribution >= 0.6 is 0 Å². The number of nitrogens with zero attached hydrogens (tertiary/aromatic N) is 4. The third-order valence-corrected chi connectivity index (χ3v) is 7.38. The summed E-state index contributed by atoms with van der Waals surface area (Å²) in [6.45, 7) is 3.40. The summed E-state index contributed by atoms with van der Waals surface area (Å²) in [6, 6.07) is 9.57. The van der Waals surface area contributed by atoms with Crippen molar-refractivity contribution < 1.29 is 33.8 Å². The van der Waals surface area contributed by atoms with Crippen molar-refractivity contribution in [3.05, 3.63) is 42.1 Å². The number of hydrogen-bond acceptors (Lipinski definition) is 8. The molecule has 2 fully saturated rings. The molecule has 1 aromatic heterocycles. The van der Waals surface area contributed by atoms with E-state index in [2.05, 4.69) is 15.3 Å². The zero-order chi connectivity index (χ0) is 29.9. The first-order chi connectivity index (χ1) is 20.3. The number of aromatic nitrogens is 2. The van der Waals surface area contributed by atoms with Crippen molar-refractivity contribution in [3.8, 4) is 17.3 Å². The minimum Gasteiger partial charge on any atom is -0.481 e. The molecule has 1 aromatic carbocycles. The Morgan fingerprint density at radius 1 is 1.02 bits per heavy atom. The first-order valence-electron chi connectivity index (χ1n) is 14.7. The molecule has 1 aliphatic carbocycles. The topological polar surface area (TPSA) is 151 Å². The second-order valence-corrected chi connectivity index (χ2v) is 10.5. The summed E-state index contributed by atoms with van der Waals surface area (Å²) < 4.78 is 11.4. The van der Waals surface area contributed by atoms with Crippen LogP contribution in [0.5, 0.6) is 5.88 Å². The number of unbranched alkanes of at least 4 members (excludes halogenated alkanes) is 1. The largest absolute Gasteiger partial charge is 0.481 e. The van der Waals surface area contributed by atoms with Crippen molar-refractivity contribution >= 4 is 23.9 Å². The van der Waals surface area contributed by atoms with Crippen LogP contribution in [0.25, 0.3) is 11.4 Å². The smallest absolute Gasteiger partial charge is 0.409 e. The Morgan fingerprint density at radius 3 is 2.38 bits per heavy atom. The lowest BCUT2D eigenvalue weighted by atomic mass is 10.1. The van der Waals surface area contributed by atoms with Gasteiger partial charge in [0.1, 0.15) is 17.8 Å². The molecular formula is C30H39N5O7. The quantitative estimate of drug-likeness (QED) is 0.359. The fourth-order valence-electron chi connectivity index (χ4n) is 4.98. The van der Waals surface area contributed by atoms with Crippen LogP contribution in [0, 0.1) is 0 Å². The maximum absolute atomic E-state index is 13.5. The molecule has 1 atom stereocenters. The Morgan fingerprint density at radius 2 is 1.71 bits per heavy atom. The van der Waals surface area contributed by atoms with E-state index >= 15 is 0 Å². The van der Waals surface area contributed by atoms with E-state index in [1.54, 1.807) is 4.90 Å². The van der Waals surface area contributed by atoms with Gasteiger partial charge in [-0.1, -0.05) is 43.7 Å². The normalized spacial score (nSPS) is 16.1. The van der Waals surface area contributed by atoms with Gasteiger partial charge in [0.25, 0.3) is 5.91 Å². The van der Waals surface area contributed by atoms with Gasteiger partial charge < -0.3 is 29.7 Å². The molecule has 2 N–H and O–H groups in total. The lowest BCUT2D eigenvalue weighted by Gasteiger charge is -2.36. The third kappa shape index (κ3) is 8.64. The van der Waals surface area contributed by atoms with Gasteiger partial charge in [0.15, 0.2) is 5.82 Å². The Balaban J connectivity index is 1.47. The summed E-state index contributed by atoms with van der Waals surface area (Å²) in [5.74, 6) is -1.54. The van der Waals surface area contributed by atoms with E-state index in [9.17, 15) is 24.3 Å². The maximum Gasteiger partial charge on any atom is 0.409 e. The molecule has 42 heavy (non-hydrogen) atoms. The minimum atomic E-state index is -1.09. The number of aliphatic carboxylic acids is 1. The van der Waals surface area contributed by atoms with Crippen LogP contribution in [0.3, 0.4) is 0 Å². The van der Waals surface area contributed by atoms with Crippen LogP contribution in [0.15, 0.2) is 36.4 Å². The number of nitrogens with one attached hydrogen (secondary N) is 1. The van der Waals surface area contributed by atoms with E-state index in [4.69, 9.17) is 9.47 Å². The van der Waals surface area contributed by atoms with Crippen molar-refractivity contribution in [3.63, 3.8) is 0 Å². The lowest BCUT2D eigenvalue weighted by molar-refractivity contribution is -0.138. The highest BCUT2D eigenvalue weighted by atomic mass is 16.6. The lowest BCUT2D eigenvalue weighted by Crippen LogP contribution is -2.56. The van der Waals surface area contributed by atoms with Crippen LogP contribution in [0.2, 0.25) is 0 Å². The molecular weight excluding hydrogens is 542 g/mol. The number of carbonyl (C=O) groups is 4. The van der Waals surface area contributed by atoms with E-state index in [0.717, 1.165) is 38.5 Å². The van der Waals surface area contributed by atoms with Gasteiger partial charge in [-0.2, -0.15) is 4.98 Å². The van der Waals surface area contributed by atoms with E-state index < -0.39 is 29.9 Å². The molecule has 226 valence electrons. The highest BCUT2D eigenvalue weighted by molar-refractivity contribution is 5.96. The molecule has 0 spiro atoms. The minimum absolute atomic E-state index is 0.00641. The zero-order valence-corrected chi connectivity index (χ0v) is 24.0. The summed E-state index contributed by atoms with van der Waals surface area (Å²) in [4.78, 5) is 62.7. The number of rotatable bonds is 12. The average Bonchev–Trinajstić information content (AvgIpc) is 3.52. The number of hydrogen-bond donors (Lipinski definition) is 2. The van der Waals surface area contributed by atoms with Crippen LogP contribution in [0.4, 0.5) is 4.79 Å². The molecule has 0 radical (unpaired) electrons. The number of carboxylic acid groups (broad SMARTS) is 1. The molecule has 2 aliphatic rings. The zero-order valence-electron chi connectivity index (χ0n) is 24.0. The summed E-state index contributed by atoms with van der Waals surface area (Å²) >= 11 is 0. The predicted octanol–water partition coefficient (Wildman–Crippen LogP) is 3.51. The van der Waals surface area contributed by atoms with Crippen molar-refractivity contribution in [2.45, 2.75) is 70.4 Å². The van der Waals surface area contributed by atoms with Gasteiger partial charge in [0, 0.05) is 44.2 Å². The van der Waals surface area contributed by atoms with Gasteiger partial charge in [0.05, 0.1) is 6.61 Å². The molecule has 1 unspecified atom stereocenters. The van der Waals surface area contributed by atoms with Crippen LogP contribution in [-0.2, 0) is 14.3 Å². The number of carboxylic acids is 1. The Labute approximate surface area is 245 Å². The van der Waals surface area contributed by atoms with Gasteiger partial charge in [-0.3, -0.25) is 14.4 Å². The van der Waals surface area contributed by atoms with Gasteiger partial charge in [-0.25, -0.2) is 9.78 Å². The SMILES string of the molecule is CCCCOC(=O)N1CCN(C(=O)C(CCC(=O)O)NC(=O)c2cc(OC3CCCC3)nc(-c3ccccc3)n2)CC1. The van der Waals surface area contributed by atoms with Crippen molar-refractivity contribution in [2.75, 3.05) is 32.8 Å². The van der Waals surface area contributed by atoms with Crippen LogP contribution < -0.4 is 10.1 Å². The van der Waals surface area contributed by atoms with Crippen LogP contribution in [-0.4, -0.2) is 93.7 Å². The number of amides is 3. The molecule has 2 aromatic rings. The Bertz CT molecular complexity index is 1230. The summed E-state index contributed by atoms with van der Waals surface area (Å²) in [6.07, 6.45) is 4.82. The standard InChI is InChI=1S/C30H39N5O7/c1-2-3-19-41-30(40)35-17-15-34(16-18-35)29(39)23(13-14-26(36)37)32-28(38)24-20-25(42-22-11-7-8-12-22)33-27(31-24)21-9-5-4-6-10-21/h4-6,9-10,20,22-23H,2-3,7-8,11-19H2,1H3,(H,32,38)(H,36,37). The number of benzene rings is 1. The molecule has 4 rings (SSSR count). The Hall–Kier alpha value is -4.22. The van der Waals surface area contributed by atoms with E-state index in [1.807, 2.05) is 37.3 Å². The maximum atomic E-state index is 13.5. The van der Waals surface area contributed by atoms with Gasteiger partial charge >= 0.3 is 12.1 Å². The van der Waals surface area contributed by atoms with Gasteiger partial charge in [-0.05, 0) is 38.5 Å². The van der Waals surface area contributed by atoms with Gasteiger partial charge in [0.2, 0.25) is 11.8 Å². The summed E-state index contributed by atoms with van der Waals surface area (Å²) in [5, 5.41) is 12.0. The molecule has 3 amide bonds. The third-order valence-electron chi connectivity index (χ3n) is 7.38. The summed E-state index contributed by atoms with van der Waals surface area (Å²) in [7, 11) is 0. The molecule has 0 bridgehead atoms. The van der Waals surface area contributed by atoms with E-state index in [1.165, 1.54) is 11.0 Å². The second-order valence-electron chi connectivity index (χ2n) is 10.5. The summed E-state index contributed by atoms with van der Waals surface area (Å²) in [5.41, 5.74) is 0.720. The number of carbonyl (C=O) groups excluding carboxylic acids is 3. The first-order valence-corrected chi connectivity index (χ1v) is 14.7. The molecule has 2 heterocycles. The van der Waals surface area contributed by atoms with E-state index in [-0.39, 0.29) is 56.7 Å². The molecule has 1 saturated heterocycles. The van der Waals surface area contributed by atoms with Crippen molar-refractivity contribution in [2.24, 2.45) is 0 Å². The number of ether oxygens (including phenoxy) is 2. The highest BCUT2D eigenvalue weighted by Gasteiger charge is 2.31. The van der Waals surface area contributed by atoms with Gasteiger partial charge in [-0.15, -0.1) is 0 Å². The van der Waals surface area contributed by atoms with Crippen LogP contribution in [0.1, 0.15) is 68.8 Å². The van der Waals surface area contributed by atoms with E-state index in [0.29, 0.717) is 18.0 Å². The first kappa shape index (κ1) is 30.7. The fourth-order valence-corrected chi connectivity index (χ4v) is 4.98. The number of piperazine rings is 1. The predicted molar refractivity (Wildman–Crippen MR) is 153 cm³/mol. The molecule has 1 saturated carbocycles. The molecule has 12 heteroatoms. The van der Waals surface area contributed by atoms with Crippen molar-refractivity contribution in [1.82, 2.24) is 25.1 Å². The highest BCUT2D eigenvalue weighted by Crippen LogP contribution is 2.25. The fraction of sp³-hybridized carbons (Fsp3) is 0.533. The monoisotopic (exact) mass is 581 g/mol. The molecule has 1 aliphatic heterocycles. The Kier molecular flexibility index (Phi) is 11.1. The van der Waals surface area contributed by atoms with Crippen molar-refractivity contribution in [1.29, 1.82) is 0 Å². The molecule has 12 nitrogen and oxygen atoms in total. The average molecular weight is 582 g/mol. The second kappa shape index (κ2) is 15.1.